The molecule has 0 aromatic heterocycles. The maximum Gasteiger partial charge on any atom is 0.462 e. The predicted molar refractivity (Wildman–Crippen MR) is 77.9 cm³/mol. The van der Waals surface area contributed by atoms with Gasteiger partial charge in [0.25, 0.3) is 0 Å². The SMILES string of the molecule is B[C@]1(CO)OC2OB(C(C)C)OC2C(O)(S)[C@@]1(O)S. The highest BCUT2D eigenvalue weighted by atomic mass is 32.1. The minimum Gasteiger partial charge on any atom is -0.399 e. The van der Waals surface area contributed by atoms with Crippen molar-refractivity contribution in [3.8, 4) is 0 Å². The highest BCUT2D eigenvalue weighted by molar-refractivity contribution is 7.86. The van der Waals surface area contributed by atoms with Gasteiger partial charge in [-0.25, -0.2) is 0 Å². The first-order valence-electron chi connectivity index (χ1n) is 6.06. The third-order valence-electron chi connectivity index (χ3n) is 3.67. The molecule has 6 nitrogen and oxygen atoms in total. The zero-order chi connectivity index (χ0) is 14.6. The van der Waals surface area contributed by atoms with E-state index in [1.165, 1.54) is 7.85 Å². The summed E-state index contributed by atoms with van der Waals surface area (Å²) in [5.74, 6) is 0.0340. The number of fused-ring (bicyclic) bond motifs is 1. The highest BCUT2D eigenvalue weighted by Gasteiger charge is 2.70. The van der Waals surface area contributed by atoms with E-state index in [1.807, 2.05) is 13.8 Å². The number of aliphatic hydroxyl groups excluding tert-OH is 1. The average Bonchev–Trinajstić information content (AvgIpc) is 2.71. The summed E-state index contributed by atoms with van der Waals surface area (Å²) in [4.78, 5) is -4.16. The molecule has 5 atom stereocenters. The van der Waals surface area contributed by atoms with Gasteiger partial charge in [-0.2, -0.15) is 0 Å². The van der Waals surface area contributed by atoms with Crippen LogP contribution in [-0.2, 0) is 14.0 Å². The van der Waals surface area contributed by atoms with Gasteiger partial charge in [0.1, 0.15) is 11.6 Å². The molecule has 2 fully saturated rings. The third-order valence-corrected chi connectivity index (χ3v) is 5.23. The van der Waals surface area contributed by atoms with Crippen LogP contribution in [-0.4, -0.2) is 64.7 Å². The molecule has 2 saturated heterocycles. The van der Waals surface area contributed by atoms with Crippen LogP contribution in [0.25, 0.3) is 0 Å². The van der Waals surface area contributed by atoms with Gasteiger partial charge in [0.05, 0.1) is 6.61 Å². The molecule has 2 heterocycles. The third kappa shape index (κ3) is 2.17. The first-order chi connectivity index (χ1) is 8.57. The molecule has 0 radical (unpaired) electrons. The van der Waals surface area contributed by atoms with Gasteiger partial charge in [-0.1, -0.05) is 13.8 Å². The van der Waals surface area contributed by atoms with Crippen LogP contribution in [0.1, 0.15) is 13.8 Å². The number of hydrogen-bond acceptors (Lipinski definition) is 8. The maximum atomic E-state index is 10.5. The summed E-state index contributed by atoms with van der Waals surface area (Å²) >= 11 is 8.11. The zero-order valence-corrected chi connectivity index (χ0v) is 12.8. The van der Waals surface area contributed by atoms with Crippen LogP contribution in [0, 0.1) is 0 Å². The van der Waals surface area contributed by atoms with E-state index in [0.717, 1.165) is 0 Å². The molecule has 0 aromatic rings. The Morgan fingerprint density at radius 2 is 1.89 bits per heavy atom. The van der Waals surface area contributed by atoms with Crippen LogP contribution in [0.15, 0.2) is 0 Å². The maximum absolute atomic E-state index is 10.5. The van der Waals surface area contributed by atoms with Crippen LogP contribution in [0.3, 0.4) is 0 Å². The van der Waals surface area contributed by atoms with E-state index in [2.05, 4.69) is 25.3 Å². The number of ether oxygens (including phenoxy) is 1. The Morgan fingerprint density at radius 1 is 1.32 bits per heavy atom. The Hall–Kier alpha value is 0.590. The van der Waals surface area contributed by atoms with E-state index in [0.29, 0.717) is 0 Å². The standard InChI is InChI=1S/C9H18B2O6S2/c1-4(2)11-16-5-6(17-11)15-7(10,3-12)9(14,19)8(5,13)18/h4-6,12-14,18-19H,3,10H2,1-2H3/t5?,6?,7-,8?,9+/m1/s1. The number of rotatable bonds is 2. The second-order valence-electron chi connectivity index (χ2n) is 5.58. The van der Waals surface area contributed by atoms with Crippen molar-refractivity contribution >= 4 is 40.2 Å². The van der Waals surface area contributed by atoms with Crippen LogP contribution in [0.2, 0.25) is 5.82 Å². The van der Waals surface area contributed by atoms with Gasteiger partial charge < -0.3 is 29.4 Å². The van der Waals surface area contributed by atoms with Crippen LogP contribution in [0.5, 0.6) is 0 Å². The highest BCUT2D eigenvalue weighted by Crippen LogP contribution is 2.51. The van der Waals surface area contributed by atoms with E-state index in [1.54, 1.807) is 0 Å². The average molecular weight is 308 g/mol. The van der Waals surface area contributed by atoms with Crippen molar-refractivity contribution < 1.29 is 29.4 Å². The fourth-order valence-corrected chi connectivity index (χ4v) is 2.88. The lowest BCUT2D eigenvalue weighted by molar-refractivity contribution is -0.288. The summed E-state index contributed by atoms with van der Waals surface area (Å²) in [6, 6.07) is 0. The first-order valence-corrected chi connectivity index (χ1v) is 6.95. The molecule has 2 aliphatic rings. The number of hydrogen-bond donors (Lipinski definition) is 5. The van der Waals surface area contributed by atoms with Gasteiger partial charge in [0.2, 0.25) is 0 Å². The van der Waals surface area contributed by atoms with Crippen molar-refractivity contribution in [2.24, 2.45) is 0 Å². The second kappa shape index (κ2) is 4.81. The molecule has 0 aromatic carbocycles. The van der Waals surface area contributed by atoms with Crippen molar-refractivity contribution in [3.05, 3.63) is 0 Å². The Labute approximate surface area is 124 Å². The van der Waals surface area contributed by atoms with Gasteiger partial charge in [-0.15, -0.1) is 25.3 Å². The summed E-state index contributed by atoms with van der Waals surface area (Å²) in [5.41, 5.74) is -1.54. The zero-order valence-electron chi connectivity index (χ0n) is 11.0. The molecule has 0 aliphatic carbocycles. The minimum atomic E-state index is -2.12. The number of thiol groups is 2. The minimum absolute atomic E-state index is 0.0340. The number of aliphatic hydroxyl groups is 3. The largest absolute Gasteiger partial charge is 0.462 e. The molecule has 0 bridgehead atoms. The molecule has 0 spiro atoms. The van der Waals surface area contributed by atoms with Gasteiger partial charge in [-0.3, -0.25) is 0 Å². The van der Waals surface area contributed by atoms with E-state index < -0.39 is 41.5 Å². The van der Waals surface area contributed by atoms with Gasteiger partial charge >= 0.3 is 7.12 Å². The molecule has 2 aliphatic heterocycles. The summed E-state index contributed by atoms with van der Waals surface area (Å²) in [7, 11) is 0.836. The molecule has 0 amide bonds. The van der Waals surface area contributed by atoms with Crippen molar-refractivity contribution in [2.45, 2.75) is 47.4 Å². The van der Waals surface area contributed by atoms with Crippen molar-refractivity contribution in [3.63, 3.8) is 0 Å². The molecule has 3 N–H and O–H groups in total. The molecule has 3 unspecified atom stereocenters. The molecule has 19 heavy (non-hydrogen) atoms. The summed E-state index contributed by atoms with van der Waals surface area (Å²) in [5, 5.41) is 30.3. The van der Waals surface area contributed by atoms with Gasteiger partial charge in [0.15, 0.2) is 24.0 Å². The Morgan fingerprint density at radius 3 is 2.37 bits per heavy atom. The fourth-order valence-electron chi connectivity index (χ4n) is 2.21. The molecule has 108 valence electrons. The monoisotopic (exact) mass is 308 g/mol. The normalized spacial score (nSPS) is 50.6. The first kappa shape index (κ1) is 16.0. The van der Waals surface area contributed by atoms with E-state index in [4.69, 9.17) is 14.0 Å². The summed E-state index contributed by atoms with van der Waals surface area (Å²) in [6.07, 6.45) is -1.94. The van der Waals surface area contributed by atoms with Crippen molar-refractivity contribution in [2.75, 3.05) is 6.61 Å². The summed E-state index contributed by atoms with van der Waals surface area (Å²) in [6.45, 7) is 3.21. The van der Waals surface area contributed by atoms with Crippen LogP contribution >= 0.6 is 25.3 Å². The van der Waals surface area contributed by atoms with Gasteiger partial charge in [-0.05, 0) is 5.82 Å². The lowest BCUT2D eigenvalue weighted by atomic mass is 9.71. The predicted octanol–water partition coefficient (Wildman–Crippen LogP) is -1.79. The Kier molecular flexibility index (Phi) is 4.04. The van der Waals surface area contributed by atoms with E-state index in [-0.39, 0.29) is 5.82 Å². The lowest BCUT2D eigenvalue weighted by Crippen LogP contribution is -2.75. The van der Waals surface area contributed by atoms with E-state index >= 15 is 0 Å². The van der Waals surface area contributed by atoms with Crippen molar-refractivity contribution in [1.29, 1.82) is 0 Å². The second-order valence-corrected chi connectivity index (χ2v) is 6.91. The molecule has 0 saturated carbocycles. The molecule has 10 heteroatoms. The van der Waals surface area contributed by atoms with Gasteiger partial charge in [0, 0.05) is 0 Å². The molecular formula is C9H18B2O6S2. The van der Waals surface area contributed by atoms with Crippen LogP contribution in [0.4, 0.5) is 0 Å². The van der Waals surface area contributed by atoms with Crippen LogP contribution < -0.4 is 0 Å². The Balaban J connectivity index is 2.36. The molecular weight excluding hydrogens is 290 g/mol. The lowest BCUT2D eigenvalue weighted by Gasteiger charge is -2.55. The smallest absolute Gasteiger partial charge is 0.399 e. The van der Waals surface area contributed by atoms with E-state index in [9.17, 15) is 15.3 Å². The summed E-state index contributed by atoms with van der Waals surface area (Å²) < 4.78 is 16.6. The topological polar surface area (TPSA) is 88.4 Å². The molecule has 2 rings (SSSR count). The van der Waals surface area contributed by atoms with Crippen molar-refractivity contribution in [1.82, 2.24) is 0 Å². The fraction of sp³-hybridized carbons (Fsp3) is 1.00. The Bertz CT molecular complexity index is 369. The quantitative estimate of drug-likeness (QED) is 0.235.